The van der Waals surface area contributed by atoms with E-state index in [0.717, 1.165) is 49.9 Å². The second-order valence-corrected chi connectivity index (χ2v) is 6.11. The standard InChI is InChI=1S/C20H26N2O2/c1-2-3-9-19(23)21-14-7-8-17-10-12-18(13-11-17)20(24)22-15-5-4-6-16-22/h10-13H,2-6,9,14-16H2,1H3,(H,21,23). The number of unbranched alkanes of at least 4 members (excludes halogenated alkanes) is 1. The maximum absolute atomic E-state index is 12.4. The summed E-state index contributed by atoms with van der Waals surface area (Å²) < 4.78 is 0. The maximum Gasteiger partial charge on any atom is 0.253 e. The Morgan fingerprint density at radius 1 is 1.12 bits per heavy atom. The molecule has 24 heavy (non-hydrogen) atoms. The highest BCUT2D eigenvalue weighted by atomic mass is 16.2. The molecule has 1 aromatic rings. The Kier molecular flexibility index (Phi) is 7.35. The molecule has 0 atom stereocenters. The molecular weight excluding hydrogens is 300 g/mol. The number of carbonyl (C=O) groups is 2. The van der Waals surface area contributed by atoms with E-state index < -0.39 is 0 Å². The molecule has 2 rings (SSSR count). The molecule has 0 bridgehead atoms. The predicted octanol–water partition coefficient (Wildman–Crippen LogP) is 2.97. The van der Waals surface area contributed by atoms with Crippen LogP contribution < -0.4 is 5.32 Å². The van der Waals surface area contributed by atoms with Crippen molar-refractivity contribution in [2.45, 2.75) is 45.4 Å². The van der Waals surface area contributed by atoms with Gasteiger partial charge in [-0.3, -0.25) is 9.59 Å². The quantitative estimate of drug-likeness (QED) is 0.846. The molecule has 1 aliphatic heterocycles. The van der Waals surface area contributed by atoms with Gasteiger partial charge in [-0.05, 0) is 49.9 Å². The third-order valence-electron chi connectivity index (χ3n) is 4.14. The van der Waals surface area contributed by atoms with E-state index >= 15 is 0 Å². The fourth-order valence-electron chi connectivity index (χ4n) is 2.69. The molecule has 4 nitrogen and oxygen atoms in total. The first-order valence-electron chi connectivity index (χ1n) is 8.85. The van der Waals surface area contributed by atoms with Gasteiger partial charge in [0.05, 0.1) is 6.54 Å². The monoisotopic (exact) mass is 326 g/mol. The summed E-state index contributed by atoms with van der Waals surface area (Å²) in [6.07, 6.45) is 5.89. The van der Waals surface area contributed by atoms with Crippen molar-refractivity contribution in [3.63, 3.8) is 0 Å². The lowest BCUT2D eigenvalue weighted by Crippen LogP contribution is -2.35. The summed E-state index contributed by atoms with van der Waals surface area (Å²) >= 11 is 0. The summed E-state index contributed by atoms with van der Waals surface area (Å²) in [5.41, 5.74) is 1.57. The molecule has 0 saturated carbocycles. The van der Waals surface area contributed by atoms with E-state index in [1.54, 1.807) is 0 Å². The van der Waals surface area contributed by atoms with Gasteiger partial charge in [0.1, 0.15) is 0 Å². The zero-order valence-electron chi connectivity index (χ0n) is 14.4. The van der Waals surface area contributed by atoms with Gasteiger partial charge in [-0.2, -0.15) is 0 Å². The van der Waals surface area contributed by atoms with Crippen LogP contribution in [0.4, 0.5) is 0 Å². The first kappa shape index (κ1) is 18.1. The molecule has 2 amide bonds. The second kappa shape index (κ2) is 9.77. The van der Waals surface area contributed by atoms with E-state index in [1.165, 1.54) is 6.42 Å². The van der Waals surface area contributed by atoms with Crippen molar-refractivity contribution in [2.75, 3.05) is 19.6 Å². The fourth-order valence-corrected chi connectivity index (χ4v) is 2.69. The SMILES string of the molecule is CCCCC(=O)NCC#Cc1ccc(C(=O)N2CCCCC2)cc1. The average Bonchev–Trinajstić information content (AvgIpc) is 2.64. The zero-order chi connectivity index (χ0) is 17.2. The van der Waals surface area contributed by atoms with E-state index in [9.17, 15) is 9.59 Å². The third kappa shape index (κ3) is 5.73. The molecule has 4 heteroatoms. The molecular formula is C20H26N2O2. The van der Waals surface area contributed by atoms with Crippen LogP contribution >= 0.6 is 0 Å². The number of amides is 2. The van der Waals surface area contributed by atoms with E-state index in [1.807, 2.05) is 29.2 Å². The lowest BCUT2D eigenvalue weighted by atomic mass is 10.1. The minimum absolute atomic E-state index is 0.0497. The highest BCUT2D eigenvalue weighted by Gasteiger charge is 2.17. The van der Waals surface area contributed by atoms with Gasteiger partial charge in [-0.15, -0.1) is 0 Å². The number of nitrogens with zero attached hydrogens (tertiary/aromatic N) is 1. The second-order valence-electron chi connectivity index (χ2n) is 6.11. The lowest BCUT2D eigenvalue weighted by molar-refractivity contribution is -0.120. The van der Waals surface area contributed by atoms with E-state index in [-0.39, 0.29) is 11.8 Å². The van der Waals surface area contributed by atoms with Crippen LogP contribution in [0.5, 0.6) is 0 Å². The number of hydrogen-bond acceptors (Lipinski definition) is 2. The first-order valence-corrected chi connectivity index (χ1v) is 8.85. The van der Waals surface area contributed by atoms with Crippen LogP contribution in [-0.2, 0) is 4.79 Å². The van der Waals surface area contributed by atoms with Crippen molar-refractivity contribution < 1.29 is 9.59 Å². The van der Waals surface area contributed by atoms with Crippen LogP contribution in [0, 0.1) is 11.8 Å². The molecule has 0 aliphatic carbocycles. The molecule has 1 aliphatic rings. The van der Waals surface area contributed by atoms with Crippen molar-refractivity contribution in [2.24, 2.45) is 0 Å². The van der Waals surface area contributed by atoms with Crippen LogP contribution in [0.2, 0.25) is 0 Å². The Morgan fingerprint density at radius 2 is 1.83 bits per heavy atom. The normalized spacial score (nSPS) is 13.8. The van der Waals surface area contributed by atoms with Gasteiger partial charge < -0.3 is 10.2 Å². The van der Waals surface area contributed by atoms with E-state index in [2.05, 4.69) is 24.1 Å². The predicted molar refractivity (Wildman–Crippen MR) is 95.6 cm³/mol. The highest BCUT2D eigenvalue weighted by molar-refractivity contribution is 5.94. The third-order valence-corrected chi connectivity index (χ3v) is 4.14. The number of hydrogen-bond donors (Lipinski definition) is 1. The summed E-state index contributed by atoms with van der Waals surface area (Å²) in [5, 5.41) is 2.79. The Balaban J connectivity index is 1.82. The summed E-state index contributed by atoms with van der Waals surface area (Å²) in [4.78, 5) is 25.8. The van der Waals surface area contributed by atoms with Crippen molar-refractivity contribution in [1.29, 1.82) is 0 Å². The molecule has 0 unspecified atom stereocenters. The summed E-state index contributed by atoms with van der Waals surface area (Å²) in [5.74, 6) is 6.11. The fraction of sp³-hybridized carbons (Fsp3) is 0.500. The van der Waals surface area contributed by atoms with Gasteiger partial charge in [0.25, 0.3) is 5.91 Å². The van der Waals surface area contributed by atoms with Gasteiger partial charge >= 0.3 is 0 Å². The molecule has 1 saturated heterocycles. The van der Waals surface area contributed by atoms with Gasteiger partial charge in [-0.25, -0.2) is 0 Å². The molecule has 0 aromatic heterocycles. The van der Waals surface area contributed by atoms with Crippen molar-refractivity contribution in [1.82, 2.24) is 10.2 Å². The first-order chi connectivity index (χ1) is 11.7. The number of likely N-dealkylation sites (tertiary alicyclic amines) is 1. The molecule has 1 N–H and O–H groups in total. The van der Waals surface area contributed by atoms with Crippen LogP contribution in [0.1, 0.15) is 61.4 Å². The largest absolute Gasteiger partial charge is 0.345 e. The smallest absolute Gasteiger partial charge is 0.253 e. The molecule has 1 aromatic carbocycles. The van der Waals surface area contributed by atoms with Crippen molar-refractivity contribution >= 4 is 11.8 Å². The lowest BCUT2D eigenvalue weighted by Gasteiger charge is -2.26. The van der Waals surface area contributed by atoms with Gasteiger partial charge in [0.2, 0.25) is 5.91 Å². The maximum atomic E-state index is 12.4. The Labute approximate surface area is 144 Å². The zero-order valence-corrected chi connectivity index (χ0v) is 14.4. The van der Waals surface area contributed by atoms with Gasteiger partial charge in [-0.1, -0.05) is 25.2 Å². The minimum atomic E-state index is 0.0497. The van der Waals surface area contributed by atoms with Gasteiger partial charge in [0, 0.05) is 30.6 Å². The topological polar surface area (TPSA) is 49.4 Å². The molecule has 128 valence electrons. The van der Waals surface area contributed by atoms with Crippen LogP contribution in [-0.4, -0.2) is 36.3 Å². The summed E-state index contributed by atoms with van der Waals surface area (Å²) in [7, 11) is 0. The number of nitrogens with one attached hydrogen (secondary N) is 1. The number of rotatable bonds is 5. The van der Waals surface area contributed by atoms with E-state index in [0.29, 0.717) is 13.0 Å². The summed E-state index contributed by atoms with van der Waals surface area (Å²) in [6, 6.07) is 7.40. The number of benzene rings is 1. The average molecular weight is 326 g/mol. The number of piperidine rings is 1. The number of carbonyl (C=O) groups excluding carboxylic acids is 2. The highest BCUT2D eigenvalue weighted by Crippen LogP contribution is 2.13. The van der Waals surface area contributed by atoms with Crippen molar-refractivity contribution in [3.8, 4) is 11.8 Å². The van der Waals surface area contributed by atoms with Crippen molar-refractivity contribution in [3.05, 3.63) is 35.4 Å². The minimum Gasteiger partial charge on any atom is -0.345 e. The molecule has 0 radical (unpaired) electrons. The van der Waals surface area contributed by atoms with Crippen LogP contribution in [0.3, 0.4) is 0 Å². The Morgan fingerprint density at radius 3 is 2.50 bits per heavy atom. The summed E-state index contributed by atoms with van der Waals surface area (Å²) in [6.45, 7) is 4.14. The molecule has 0 spiro atoms. The van der Waals surface area contributed by atoms with Crippen LogP contribution in [0.15, 0.2) is 24.3 Å². The van der Waals surface area contributed by atoms with E-state index in [4.69, 9.17) is 0 Å². The van der Waals surface area contributed by atoms with Crippen LogP contribution in [0.25, 0.3) is 0 Å². The Hall–Kier alpha value is -2.28. The Bertz CT molecular complexity index is 605. The molecule has 1 heterocycles. The molecule has 1 fully saturated rings. The van der Waals surface area contributed by atoms with Gasteiger partial charge in [0.15, 0.2) is 0 Å².